The van der Waals surface area contributed by atoms with Crippen molar-refractivity contribution in [3.8, 4) is 0 Å². The van der Waals surface area contributed by atoms with Crippen LogP contribution < -0.4 is 5.73 Å². The number of nitrogens with two attached hydrogens (primary N) is 1. The third-order valence-corrected chi connectivity index (χ3v) is 5.92. The molecular formula is C12H15ClN2O3S2. The summed E-state index contributed by atoms with van der Waals surface area (Å²) in [4.78, 5) is 0.204. The van der Waals surface area contributed by atoms with Crippen molar-refractivity contribution >= 4 is 38.8 Å². The molecule has 20 heavy (non-hydrogen) atoms. The summed E-state index contributed by atoms with van der Waals surface area (Å²) in [5.74, 6) is -0.0144. The highest BCUT2D eigenvalue weighted by atomic mass is 35.5. The van der Waals surface area contributed by atoms with Gasteiger partial charge in [-0.15, -0.1) is 0 Å². The third-order valence-electron chi connectivity index (χ3n) is 3.34. The molecule has 0 amide bonds. The summed E-state index contributed by atoms with van der Waals surface area (Å²) in [5, 5.41) is 9.20. The number of aliphatic hydroxyl groups is 1. The molecule has 5 nitrogen and oxygen atoms in total. The number of benzene rings is 1. The molecule has 1 saturated heterocycles. The molecule has 3 N–H and O–H groups in total. The Hall–Kier alpha value is -0.730. The van der Waals surface area contributed by atoms with E-state index in [4.69, 9.17) is 34.7 Å². The Morgan fingerprint density at radius 1 is 1.55 bits per heavy atom. The summed E-state index contributed by atoms with van der Waals surface area (Å²) in [6.07, 6.45) is 0.651. The van der Waals surface area contributed by atoms with E-state index in [9.17, 15) is 8.42 Å². The van der Waals surface area contributed by atoms with Crippen LogP contribution in [0, 0.1) is 5.92 Å². The van der Waals surface area contributed by atoms with Gasteiger partial charge in [0.15, 0.2) is 0 Å². The van der Waals surface area contributed by atoms with E-state index in [1.54, 1.807) is 6.07 Å². The lowest BCUT2D eigenvalue weighted by Gasteiger charge is -2.17. The van der Waals surface area contributed by atoms with E-state index in [-0.39, 0.29) is 27.4 Å². The van der Waals surface area contributed by atoms with Gasteiger partial charge in [-0.25, -0.2) is 8.42 Å². The van der Waals surface area contributed by atoms with Crippen LogP contribution in [0.25, 0.3) is 0 Å². The molecule has 1 fully saturated rings. The maximum Gasteiger partial charge on any atom is 0.244 e. The largest absolute Gasteiger partial charge is 0.396 e. The number of sulfonamides is 1. The molecule has 0 saturated carbocycles. The number of aliphatic hydroxyl groups excluding tert-OH is 1. The van der Waals surface area contributed by atoms with Gasteiger partial charge in [0, 0.05) is 25.3 Å². The number of rotatable bonds is 4. The molecule has 0 bridgehead atoms. The lowest BCUT2D eigenvalue weighted by Crippen LogP contribution is -2.29. The quantitative estimate of drug-likeness (QED) is 0.802. The number of thiocarbonyl (C=S) groups is 1. The monoisotopic (exact) mass is 334 g/mol. The SMILES string of the molecule is NC(=S)c1ccc(S(=O)(=O)N2CCC(CO)C2)c(Cl)c1. The van der Waals surface area contributed by atoms with Crippen molar-refractivity contribution in [2.24, 2.45) is 11.7 Å². The van der Waals surface area contributed by atoms with Crippen LogP contribution in [-0.2, 0) is 10.0 Å². The highest BCUT2D eigenvalue weighted by Gasteiger charge is 2.33. The van der Waals surface area contributed by atoms with Gasteiger partial charge in [0.25, 0.3) is 0 Å². The molecule has 1 aromatic rings. The first kappa shape index (κ1) is 15.7. The summed E-state index contributed by atoms with van der Waals surface area (Å²) in [7, 11) is -3.65. The van der Waals surface area contributed by atoms with Crippen molar-refractivity contribution in [1.29, 1.82) is 0 Å². The molecule has 1 atom stereocenters. The van der Waals surface area contributed by atoms with E-state index >= 15 is 0 Å². The molecule has 0 spiro atoms. The van der Waals surface area contributed by atoms with Crippen LogP contribution in [0.2, 0.25) is 5.02 Å². The van der Waals surface area contributed by atoms with Gasteiger partial charge in [-0.05, 0) is 24.5 Å². The molecule has 1 aliphatic rings. The van der Waals surface area contributed by atoms with Crippen molar-refractivity contribution in [2.75, 3.05) is 19.7 Å². The minimum absolute atomic E-state index is 0.0138. The van der Waals surface area contributed by atoms with Crippen LogP contribution >= 0.6 is 23.8 Å². The summed E-state index contributed by atoms with van der Waals surface area (Å²) in [5.41, 5.74) is 6.01. The van der Waals surface area contributed by atoms with Crippen LogP contribution in [0.3, 0.4) is 0 Å². The summed E-state index contributed by atoms with van der Waals surface area (Å²) in [6.45, 7) is 0.688. The highest BCUT2D eigenvalue weighted by molar-refractivity contribution is 7.89. The number of nitrogens with zero attached hydrogens (tertiary/aromatic N) is 1. The second kappa shape index (κ2) is 5.95. The predicted molar refractivity (Wildman–Crippen MR) is 81.3 cm³/mol. The summed E-state index contributed by atoms with van der Waals surface area (Å²) in [6, 6.07) is 4.41. The minimum Gasteiger partial charge on any atom is -0.396 e. The average Bonchev–Trinajstić information content (AvgIpc) is 2.87. The second-order valence-electron chi connectivity index (χ2n) is 4.71. The zero-order valence-electron chi connectivity index (χ0n) is 10.6. The van der Waals surface area contributed by atoms with Gasteiger partial charge in [-0.1, -0.05) is 29.9 Å². The average molecular weight is 335 g/mol. The first-order chi connectivity index (χ1) is 9.36. The molecule has 1 aliphatic heterocycles. The fourth-order valence-corrected chi connectivity index (χ4v) is 4.34. The fraction of sp³-hybridized carbons (Fsp3) is 0.417. The standard InChI is InChI=1S/C12H15ClN2O3S2/c13-10-5-9(12(14)19)1-2-11(10)20(17,18)15-4-3-8(6-15)7-16/h1-2,5,8,16H,3-4,6-7H2,(H2,14,19). The Morgan fingerprint density at radius 2 is 2.25 bits per heavy atom. The van der Waals surface area contributed by atoms with Crippen LogP contribution in [0.15, 0.2) is 23.1 Å². The zero-order chi connectivity index (χ0) is 14.9. The van der Waals surface area contributed by atoms with E-state index in [1.165, 1.54) is 16.4 Å². The Kier molecular flexibility index (Phi) is 4.66. The van der Waals surface area contributed by atoms with Gasteiger partial charge in [0.05, 0.1) is 5.02 Å². The fourth-order valence-electron chi connectivity index (χ4n) is 2.17. The zero-order valence-corrected chi connectivity index (χ0v) is 13.0. The predicted octanol–water partition coefficient (Wildman–Crippen LogP) is 0.977. The van der Waals surface area contributed by atoms with E-state index in [0.29, 0.717) is 25.1 Å². The van der Waals surface area contributed by atoms with Crippen LogP contribution in [-0.4, -0.2) is 42.5 Å². The van der Waals surface area contributed by atoms with Crippen molar-refractivity contribution in [2.45, 2.75) is 11.3 Å². The Bertz CT molecular complexity index is 634. The van der Waals surface area contributed by atoms with Crippen molar-refractivity contribution < 1.29 is 13.5 Å². The normalized spacial score (nSPS) is 20.2. The topological polar surface area (TPSA) is 83.6 Å². The van der Waals surface area contributed by atoms with E-state index in [2.05, 4.69) is 0 Å². The van der Waals surface area contributed by atoms with Crippen molar-refractivity contribution in [3.63, 3.8) is 0 Å². The second-order valence-corrected chi connectivity index (χ2v) is 7.46. The van der Waals surface area contributed by atoms with Gasteiger partial charge in [-0.2, -0.15) is 4.31 Å². The molecule has 1 unspecified atom stereocenters. The van der Waals surface area contributed by atoms with E-state index in [0.717, 1.165) is 0 Å². The van der Waals surface area contributed by atoms with E-state index in [1.807, 2.05) is 0 Å². The molecule has 110 valence electrons. The van der Waals surface area contributed by atoms with Gasteiger partial charge >= 0.3 is 0 Å². The first-order valence-electron chi connectivity index (χ1n) is 6.06. The van der Waals surface area contributed by atoms with Gasteiger partial charge in [0.2, 0.25) is 10.0 Å². The molecule has 8 heteroatoms. The number of hydrogen-bond acceptors (Lipinski definition) is 4. The number of halogens is 1. The Labute approximate surface area is 128 Å². The van der Waals surface area contributed by atoms with Crippen molar-refractivity contribution in [3.05, 3.63) is 28.8 Å². The Balaban J connectivity index is 2.33. The summed E-state index contributed by atoms with van der Waals surface area (Å²) >= 11 is 10.9. The maximum absolute atomic E-state index is 12.5. The lowest BCUT2D eigenvalue weighted by molar-refractivity contribution is 0.233. The van der Waals surface area contributed by atoms with Crippen LogP contribution in [0.1, 0.15) is 12.0 Å². The molecule has 0 aliphatic carbocycles. The third kappa shape index (κ3) is 2.96. The van der Waals surface area contributed by atoms with Crippen LogP contribution in [0.5, 0.6) is 0 Å². The van der Waals surface area contributed by atoms with Gasteiger partial charge in [0.1, 0.15) is 9.88 Å². The van der Waals surface area contributed by atoms with Gasteiger partial charge < -0.3 is 10.8 Å². The van der Waals surface area contributed by atoms with E-state index < -0.39 is 10.0 Å². The van der Waals surface area contributed by atoms with Crippen molar-refractivity contribution in [1.82, 2.24) is 4.31 Å². The molecule has 0 aromatic heterocycles. The number of hydrogen-bond donors (Lipinski definition) is 2. The van der Waals surface area contributed by atoms with Crippen LogP contribution in [0.4, 0.5) is 0 Å². The maximum atomic E-state index is 12.5. The minimum atomic E-state index is -3.65. The Morgan fingerprint density at radius 3 is 2.75 bits per heavy atom. The molecule has 2 rings (SSSR count). The molecule has 1 heterocycles. The first-order valence-corrected chi connectivity index (χ1v) is 8.29. The lowest BCUT2D eigenvalue weighted by atomic mass is 10.1. The molecular weight excluding hydrogens is 320 g/mol. The smallest absolute Gasteiger partial charge is 0.244 e. The molecule has 1 aromatic carbocycles. The van der Waals surface area contributed by atoms with Gasteiger partial charge in [-0.3, -0.25) is 0 Å². The molecule has 0 radical (unpaired) electrons. The highest BCUT2D eigenvalue weighted by Crippen LogP contribution is 2.29. The summed E-state index contributed by atoms with van der Waals surface area (Å²) < 4.78 is 26.3.